The molecular formula is C15H21N. The lowest BCUT2D eigenvalue weighted by Crippen LogP contribution is -2.26. The number of unbranched alkanes of at least 4 members (excludes halogenated alkanes) is 2. The van der Waals surface area contributed by atoms with Gasteiger partial charge in [-0.05, 0) is 12.0 Å². The molecule has 0 heterocycles. The molecule has 0 saturated heterocycles. The van der Waals surface area contributed by atoms with Gasteiger partial charge in [0.05, 0.1) is 6.04 Å². The lowest BCUT2D eigenvalue weighted by molar-refractivity contribution is 0.534. The second-order valence-corrected chi connectivity index (χ2v) is 4.08. The molecule has 0 aromatic heterocycles. The first-order valence-electron chi connectivity index (χ1n) is 6.10. The number of terminal acetylenes is 1. The van der Waals surface area contributed by atoms with E-state index in [4.69, 9.17) is 6.42 Å². The summed E-state index contributed by atoms with van der Waals surface area (Å²) in [6.07, 6.45) is 10.3. The monoisotopic (exact) mass is 215 g/mol. The summed E-state index contributed by atoms with van der Waals surface area (Å²) in [7, 11) is 0. The van der Waals surface area contributed by atoms with Gasteiger partial charge in [0.1, 0.15) is 0 Å². The summed E-state index contributed by atoms with van der Waals surface area (Å²) < 4.78 is 0. The number of benzene rings is 1. The van der Waals surface area contributed by atoms with Gasteiger partial charge in [-0.3, -0.25) is 5.32 Å². The standard InChI is InChI=1S/C15H21N/c1-3-5-7-12-15(4-2)16-13-14-10-8-6-9-11-14/h2,6,8-11,15-16H,3,5,7,12-13H2,1H3. The van der Waals surface area contributed by atoms with Crippen molar-refractivity contribution < 1.29 is 0 Å². The van der Waals surface area contributed by atoms with Crippen molar-refractivity contribution in [2.45, 2.75) is 45.2 Å². The van der Waals surface area contributed by atoms with E-state index in [1.54, 1.807) is 0 Å². The van der Waals surface area contributed by atoms with E-state index in [0.717, 1.165) is 13.0 Å². The van der Waals surface area contributed by atoms with Gasteiger partial charge in [0.25, 0.3) is 0 Å². The zero-order valence-corrected chi connectivity index (χ0v) is 10.1. The zero-order valence-electron chi connectivity index (χ0n) is 10.1. The van der Waals surface area contributed by atoms with Crippen LogP contribution in [0.15, 0.2) is 30.3 Å². The van der Waals surface area contributed by atoms with Gasteiger partial charge in [-0.15, -0.1) is 6.42 Å². The molecule has 0 spiro atoms. The number of nitrogens with one attached hydrogen (secondary N) is 1. The molecule has 0 aliphatic heterocycles. The van der Waals surface area contributed by atoms with Crippen molar-refractivity contribution in [2.75, 3.05) is 0 Å². The van der Waals surface area contributed by atoms with Crippen LogP contribution in [0.2, 0.25) is 0 Å². The van der Waals surface area contributed by atoms with Crippen molar-refractivity contribution in [3.8, 4) is 12.3 Å². The van der Waals surface area contributed by atoms with E-state index in [0.29, 0.717) is 0 Å². The molecular weight excluding hydrogens is 194 g/mol. The lowest BCUT2D eigenvalue weighted by Gasteiger charge is -2.12. The van der Waals surface area contributed by atoms with Gasteiger partial charge < -0.3 is 0 Å². The Morgan fingerprint density at radius 3 is 2.62 bits per heavy atom. The fraction of sp³-hybridized carbons (Fsp3) is 0.467. The van der Waals surface area contributed by atoms with Gasteiger partial charge in [-0.1, -0.05) is 62.4 Å². The molecule has 0 aliphatic carbocycles. The molecule has 0 aliphatic rings. The van der Waals surface area contributed by atoms with Crippen LogP contribution in [0.4, 0.5) is 0 Å². The third-order valence-electron chi connectivity index (χ3n) is 2.69. The van der Waals surface area contributed by atoms with Crippen LogP contribution in [-0.2, 0) is 6.54 Å². The first-order chi connectivity index (χ1) is 7.86. The normalized spacial score (nSPS) is 12.0. The first-order valence-corrected chi connectivity index (χ1v) is 6.10. The van der Waals surface area contributed by atoms with E-state index in [-0.39, 0.29) is 6.04 Å². The highest BCUT2D eigenvalue weighted by molar-refractivity contribution is 5.15. The molecule has 1 atom stereocenters. The van der Waals surface area contributed by atoms with Crippen molar-refractivity contribution in [3.05, 3.63) is 35.9 Å². The Kier molecular flexibility index (Phi) is 6.37. The summed E-state index contributed by atoms with van der Waals surface area (Å²) in [4.78, 5) is 0. The molecule has 86 valence electrons. The lowest BCUT2D eigenvalue weighted by atomic mass is 10.1. The number of hydrogen-bond acceptors (Lipinski definition) is 1. The highest BCUT2D eigenvalue weighted by Crippen LogP contribution is 2.04. The van der Waals surface area contributed by atoms with Crippen LogP contribution in [0.25, 0.3) is 0 Å². The Bertz CT molecular complexity index is 310. The molecule has 1 unspecified atom stereocenters. The van der Waals surface area contributed by atoms with Crippen molar-refractivity contribution >= 4 is 0 Å². The van der Waals surface area contributed by atoms with E-state index in [1.165, 1.54) is 24.8 Å². The third-order valence-corrected chi connectivity index (χ3v) is 2.69. The van der Waals surface area contributed by atoms with Crippen molar-refractivity contribution in [3.63, 3.8) is 0 Å². The molecule has 1 N–H and O–H groups in total. The van der Waals surface area contributed by atoms with Crippen LogP contribution in [-0.4, -0.2) is 6.04 Å². The second kappa shape index (κ2) is 7.96. The molecule has 1 aromatic rings. The Morgan fingerprint density at radius 2 is 2.00 bits per heavy atom. The minimum absolute atomic E-state index is 0.215. The van der Waals surface area contributed by atoms with E-state index >= 15 is 0 Å². The van der Waals surface area contributed by atoms with Gasteiger partial charge in [0, 0.05) is 6.54 Å². The first kappa shape index (κ1) is 12.8. The SMILES string of the molecule is C#CC(CCCCC)NCc1ccccc1. The quantitative estimate of drug-likeness (QED) is 0.543. The van der Waals surface area contributed by atoms with E-state index in [9.17, 15) is 0 Å². The van der Waals surface area contributed by atoms with E-state index in [2.05, 4.69) is 42.4 Å². The van der Waals surface area contributed by atoms with Crippen LogP contribution < -0.4 is 5.32 Å². The van der Waals surface area contributed by atoms with Gasteiger partial charge in [-0.25, -0.2) is 0 Å². The zero-order chi connectivity index (χ0) is 11.6. The maximum absolute atomic E-state index is 5.51. The molecule has 1 nitrogen and oxygen atoms in total. The largest absolute Gasteiger partial charge is 0.300 e. The predicted molar refractivity (Wildman–Crippen MR) is 70.0 cm³/mol. The summed E-state index contributed by atoms with van der Waals surface area (Å²) in [5.74, 6) is 2.82. The number of hydrogen-bond donors (Lipinski definition) is 1. The topological polar surface area (TPSA) is 12.0 Å². The molecule has 0 radical (unpaired) electrons. The van der Waals surface area contributed by atoms with Crippen LogP contribution in [0.3, 0.4) is 0 Å². The fourth-order valence-electron chi connectivity index (χ4n) is 1.68. The van der Waals surface area contributed by atoms with Crippen molar-refractivity contribution in [1.29, 1.82) is 0 Å². The predicted octanol–water partition coefficient (Wildman–Crippen LogP) is 3.36. The van der Waals surface area contributed by atoms with E-state index in [1.807, 2.05) is 6.07 Å². The molecule has 0 amide bonds. The molecule has 16 heavy (non-hydrogen) atoms. The maximum atomic E-state index is 5.51. The summed E-state index contributed by atoms with van der Waals surface area (Å²) in [6.45, 7) is 3.07. The summed E-state index contributed by atoms with van der Waals surface area (Å²) in [5, 5.41) is 3.41. The van der Waals surface area contributed by atoms with Crippen molar-refractivity contribution in [1.82, 2.24) is 5.32 Å². The molecule has 0 saturated carbocycles. The summed E-state index contributed by atoms with van der Waals surface area (Å²) >= 11 is 0. The summed E-state index contributed by atoms with van der Waals surface area (Å²) in [6, 6.07) is 10.6. The molecule has 1 heteroatoms. The Morgan fingerprint density at radius 1 is 1.25 bits per heavy atom. The fourth-order valence-corrected chi connectivity index (χ4v) is 1.68. The smallest absolute Gasteiger partial charge is 0.0689 e. The Labute approximate surface area is 99.3 Å². The molecule has 1 aromatic carbocycles. The average Bonchev–Trinajstić information content (AvgIpc) is 2.35. The minimum Gasteiger partial charge on any atom is -0.300 e. The van der Waals surface area contributed by atoms with Gasteiger partial charge in [-0.2, -0.15) is 0 Å². The van der Waals surface area contributed by atoms with Crippen LogP contribution in [0.5, 0.6) is 0 Å². The highest BCUT2D eigenvalue weighted by Gasteiger charge is 2.03. The van der Waals surface area contributed by atoms with Gasteiger partial charge in [0.2, 0.25) is 0 Å². The maximum Gasteiger partial charge on any atom is 0.0689 e. The Balaban J connectivity index is 2.27. The van der Waals surface area contributed by atoms with Gasteiger partial charge in [0.15, 0.2) is 0 Å². The molecule has 1 rings (SSSR count). The Hall–Kier alpha value is -1.26. The minimum atomic E-state index is 0.215. The van der Waals surface area contributed by atoms with Crippen LogP contribution in [0, 0.1) is 12.3 Å². The third kappa shape index (κ3) is 5.00. The van der Waals surface area contributed by atoms with Crippen LogP contribution >= 0.6 is 0 Å². The highest BCUT2D eigenvalue weighted by atomic mass is 14.9. The number of rotatable bonds is 7. The molecule has 0 fully saturated rings. The van der Waals surface area contributed by atoms with E-state index < -0.39 is 0 Å². The average molecular weight is 215 g/mol. The van der Waals surface area contributed by atoms with Crippen molar-refractivity contribution in [2.24, 2.45) is 0 Å². The second-order valence-electron chi connectivity index (χ2n) is 4.08. The molecule has 0 bridgehead atoms. The van der Waals surface area contributed by atoms with Crippen LogP contribution in [0.1, 0.15) is 38.2 Å². The summed E-state index contributed by atoms with van der Waals surface area (Å²) in [5.41, 5.74) is 1.29. The van der Waals surface area contributed by atoms with Gasteiger partial charge >= 0.3 is 0 Å².